The van der Waals surface area contributed by atoms with Crippen LogP contribution in [0, 0.1) is 5.92 Å². The van der Waals surface area contributed by atoms with E-state index in [1.165, 1.54) is 31.7 Å². The van der Waals surface area contributed by atoms with Crippen LogP contribution in [0.1, 0.15) is 19.4 Å². The van der Waals surface area contributed by atoms with Gasteiger partial charge in [-0.2, -0.15) is 0 Å². The molecule has 0 spiro atoms. The van der Waals surface area contributed by atoms with E-state index in [-0.39, 0.29) is 0 Å². The maximum Gasteiger partial charge on any atom is 0.0244 e. The van der Waals surface area contributed by atoms with E-state index in [9.17, 15) is 0 Å². The second kappa shape index (κ2) is 8.28. The van der Waals surface area contributed by atoms with Crippen molar-refractivity contribution in [3.05, 3.63) is 34.3 Å². The highest BCUT2D eigenvalue weighted by Gasteiger charge is 2.24. The van der Waals surface area contributed by atoms with Crippen molar-refractivity contribution in [3.63, 3.8) is 0 Å². The Hall–Kier alpha value is -0.420. The average molecular weight is 354 g/mol. The molecule has 1 heterocycles. The Morgan fingerprint density at radius 1 is 1.19 bits per heavy atom. The third kappa shape index (κ3) is 5.37. The van der Waals surface area contributed by atoms with E-state index in [4.69, 9.17) is 0 Å². The van der Waals surface area contributed by atoms with Crippen molar-refractivity contribution < 1.29 is 0 Å². The van der Waals surface area contributed by atoms with Crippen LogP contribution in [0.3, 0.4) is 0 Å². The lowest BCUT2D eigenvalue weighted by Gasteiger charge is -2.40. The third-order valence-electron chi connectivity index (χ3n) is 4.35. The van der Waals surface area contributed by atoms with E-state index in [0.717, 1.165) is 17.6 Å². The molecule has 0 aliphatic carbocycles. The molecular formula is C17H28BrN3. The van der Waals surface area contributed by atoms with Crippen LogP contribution in [0.2, 0.25) is 0 Å². The Bertz CT molecular complexity index is 428. The quantitative estimate of drug-likeness (QED) is 0.848. The Morgan fingerprint density at radius 2 is 1.90 bits per heavy atom. The van der Waals surface area contributed by atoms with Gasteiger partial charge >= 0.3 is 0 Å². The predicted octanol–water partition coefficient (Wildman–Crippen LogP) is 2.81. The summed E-state index contributed by atoms with van der Waals surface area (Å²) in [6, 6.07) is 9.17. The summed E-state index contributed by atoms with van der Waals surface area (Å²) in [6.45, 7) is 11.4. The standard InChI is InChI=1S/C17H28BrN3/c1-14(2)17(21-9-7-20(3)8-10-21)13-19-12-15-5-4-6-16(18)11-15/h4-6,11,14,17,19H,7-10,12-13H2,1-3H3. The summed E-state index contributed by atoms with van der Waals surface area (Å²) in [5.74, 6) is 0.684. The van der Waals surface area contributed by atoms with Crippen molar-refractivity contribution in [1.82, 2.24) is 15.1 Å². The zero-order chi connectivity index (χ0) is 15.2. The zero-order valence-electron chi connectivity index (χ0n) is 13.5. The van der Waals surface area contributed by atoms with E-state index in [0.29, 0.717) is 12.0 Å². The van der Waals surface area contributed by atoms with Crippen LogP contribution in [-0.4, -0.2) is 55.6 Å². The summed E-state index contributed by atoms with van der Waals surface area (Å²) in [6.07, 6.45) is 0. The molecule has 3 nitrogen and oxygen atoms in total. The molecule has 0 amide bonds. The number of piperazine rings is 1. The minimum absolute atomic E-state index is 0.630. The van der Waals surface area contributed by atoms with Crippen molar-refractivity contribution in [2.75, 3.05) is 39.8 Å². The third-order valence-corrected chi connectivity index (χ3v) is 4.84. The van der Waals surface area contributed by atoms with Gasteiger partial charge in [-0.3, -0.25) is 4.90 Å². The van der Waals surface area contributed by atoms with Gasteiger partial charge in [-0.05, 0) is 30.7 Å². The van der Waals surface area contributed by atoms with Crippen LogP contribution >= 0.6 is 15.9 Å². The van der Waals surface area contributed by atoms with Gasteiger partial charge in [0, 0.05) is 49.8 Å². The minimum Gasteiger partial charge on any atom is -0.311 e. The highest BCUT2D eigenvalue weighted by Crippen LogP contribution is 2.14. The van der Waals surface area contributed by atoms with Gasteiger partial charge in [0.2, 0.25) is 0 Å². The van der Waals surface area contributed by atoms with Crippen LogP contribution in [0.5, 0.6) is 0 Å². The highest BCUT2D eigenvalue weighted by atomic mass is 79.9. The van der Waals surface area contributed by atoms with Gasteiger partial charge in [0.15, 0.2) is 0 Å². The number of hydrogen-bond donors (Lipinski definition) is 1. The Labute approximate surface area is 137 Å². The molecule has 1 saturated heterocycles. The van der Waals surface area contributed by atoms with E-state index in [2.05, 4.69) is 76.2 Å². The number of nitrogens with one attached hydrogen (secondary N) is 1. The molecule has 118 valence electrons. The normalized spacial score (nSPS) is 19.1. The summed E-state index contributed by atoms with van der Waals surface area (Å²) >= 11 is 3.53. The van der Waals surface area contributed by atoms with Crippen LogP contribution in [0.25, 0.3) is 0 Å². The van der Waals surface area contributed by atoms with E-state index in [1.54, 1.807) is 0 Å². The number of nitrogens with zero attached hydrogens (tertiary/aromatic N) is 2. The Kier molecular flexibility index (Phi) is 6.68. The van der Waals surface area contributed by atoms with Crippen molar-refractivity contribution in [2.45, 2.75) is 26.4 Å². The lowest BCUT2D eigenvalue weighted by atomic mass is 10.0. The smallest absolute Gasteiger partial charge is 0.0244 e. The first-order valence-corrected chi connectivity index (χ1v) is 8.73. The van der Waals surface area contributed by atoms with Gasteiger partial charge in [-0.15, -0.1) is 0 Å². The number of benzene rings is 1. The largest absolute Gasteiger partial charge is 0.311 e. The molecule has 1 aromatic carbocycles. The van der Waals surface area contributed by atoms with Crippen LogP contribution < -0.4 is 5.32 Å². The van der Waals surface area contributed by atoms with Gasteiger partial charge in [-0.1, -0.05) is 41.9 Å². The van der Waals surface area contributed by atoms with Gasteiger partial charge in [0.1, 0.15) is 0 Å². The molecule has 1 aromatic rings. The van der Waals surface area contributed by atoms with Gasteiger partial charge in [-0.25, -0.2) is 0 Å². The SMILES string of the molecule is CC(C)C(CNCc1cccc(Br)c1)N1CCN(C)CC1. The molecule has 1 aliphatic heterocycles. The van der Waals surface area contributed by atoms with Crippen molar-refractivity contribution in [3.8, 4) is 0 Å². The molecular weight excluding hydrogens is 326 g/mol. The number of hydrogen-bond acceptors (Lipinski definition) is 3. The van der Waals surface area contributed by atoms with Crippen LogP contribution in [0.15, 0.2) is 28.7 Å². The summed E-state index contributed by atoms with van der Waals surface area (Å²) in [5.41, 5.74) is 1.34. The second-order valence-electron chi connectivity index (χ2n) is 6.41. The first-order chi connectivity index (χ1) is 10.1. The highest BCUT2D eigenvalue weighted by molar-refractivity contribution is 9.10. The van der Waals surface area contributed by atoms with Gasteiger partial charge in [0.05, 0.1) is 0 Å². The molecule has 1 N–H and O–H groups in total. The molecule has 1 aliphatic rings. The van der Waals surface area contributed by atoms with Gasteiger partial charge in [0.25, 0.3) is 0 Å². The molecule has 0 aromatic heterocycles. The first kappa shape index (κ1) is 16.9. The van der Waals surface area contributed by atoms with Crippen LogP contribution in [0.4, 0.5) is 0 Å². The number of likely N-dealkylation sites (N-methyl/N-ethyl adjacent to an activating group) is 1. The van der Waals surface area contributed by atoms with E-state index in [1.807, 2.05) is 0 Å². The van der Waals surface area contributed by atoms with Crippen molar-refractivity contribution in [1.29, 1.82) is 0 Å². The molecule has 1 atom stereocenters. The minimum atomic E-state index is 0.630. The Morgan fingerprint density at radius 3 is 2.52 bits per heavy atom. The number of halogens is 1. The lowest BCUT2D eigenvalue weighted by molar-refractivity contribution is 0.0875. The fraction of sp³-hybridized carbons (Fsp3) is 0.647. The predicted molar refractivity (Wildman–Crippen MR) is 93.5 cm³/mol. The zero-order valence-corrected chi connectivity index (χ0v) is 15.1. The van der Waals surface area contributed by atoms with E-state index < -0.39 is 0 Å². The molecule has 0 saturated carbocycles. The fourth-order valence-electron chi connectivity index (χ4n) is 2.95. The van der Waals surface area contributed by atoms with Crippen molar-refractivity contribution in [2.24, 2.45) is 5.92 Å². The lowest BCUT2D eigenvalue weighted by Crippen LogP contribution is -2.53. The molecule has 0 radical (unpaired) electrons. The molecule has 2 rings (SSSR count). The molecule has 1 fully saturated rings. The van der Waals surface area contributed by atoms with Crippen LogP contribution in [-0.2, 0) is 6.54 Å². The monoisotopic (exact) mass is 353 g/mol. The van der Waals surface area contributed by atoms with Crippen molar-refractivity contribution >= 4 is 15.9 Å². The number of rotatable bonds is 6. The molecule has 21 heavy (non-hydrogen) atoms. The maximum atomic E-state index is 3.64. The fourth-order valence-corrected chi connectivity index (χ4v) is 3.40. The topological polar surface area (TPSA) is 18.5 Å². The molecule has 4 heteroatoms. The Balaban J connectivity index is 1.83. The summed E-state index contributed by atoms with van der Waals surface area (Å²) in [5, 5.41) is 3.64. The first-order valence-electron chi connectivity index (χ1n) is 7.94. The summed E-state index contributed by atoms with van der Waals surface area (Å²) in [4.78, 5) is 5.07. The summed E-state index contributed by atoms with van der Waals surface area (Å²) < 4.78 is 1.15. The second-order valence-corrected chi connectivity index (χ2v) is 7.33. The molecule has 0 bridgehead atoms. The average Bonchev–Trinajstić information content (AvgIpc) is 2.45. The van der Waals surface area contributed by atoms with Gasteiger partial charge < -0.3 is 10.2 Å². The maximum absolute atomic E-state index is 3.64. The summed E-state index contributed by atoms with van der Waals surface area (Å²) in [7, 11) is 2.22. The molecule has 1 unspecified atom stereocenters. The van der Waals surface area contributed by atoms with E-state index >= 15 is 0 Å².